The summed E-state index contributed by atoms with van der Waals surface area (Å²) in [5, 5.41) is 0. The first-order chi connectivity index (χ1) is 11.8. The summed E-state index contributed by atoms with van der Waals surface area (Å²) >= 11 is 0. The van der Waals surface area contributed by atoms with Crippen LogP contribution in [0.2, 0.25) is 0 Å². The van der Waals surface area contributed by atoms with Crippen LogP contribution in [0.25, 0.3) is 11.0 Å². The summed E-state index contributed by atoms with van der Waals surface area (Å²) in [6, 6.07) is 5.88. The van der Waals surface area contributed by atoms with Crippen LogP contribution in [0.4, 0.5) is 0 Å². The van der Waals surface area contributed by atoms with E-state index in [1.165, 1.54) is 43.5 Å². The van der Waals surface area contributed by atoms with E-state index in [1.54, 1.807) is 0 Å². The number of fused-ring (bicyclic) bond motifs is 6. The fourth-order valence-electron chi connectivity index (χ4n) is 4.75. The predicted molar refractivity (Wildman–Crippen MR) is 93.2 cm³/mol. The van der Waals surface area contributed by atoms with Gasteiger partial charge in [0, 0.05) is 30.5 Å². The Bertz CT molecular complexity index is 808. The highest BCUT2D eigenvalue weighted by Gasteiger charge is 2.39. The van der Waals surface area contributed by atoms with Crippen molar-refractivity contribution in [2.24, 2.45) is 0 Å². The third-order valence-corrected chi connectivity index (χ3v) is 6.07. The van der Waals surface area contributed by atoms with Crippen LogP contribution in [-0.2, 0) is 0 Å². The van der Waals surface area contributed by atoms with E-state index in [1.807, 2.05) is 23.1 Å². The van der Waals surface area contributed by atoms with E-state index in [9.17, 15) is 4.79 Å². The standard InChI is InChI=1S/C20H23N3O/c24-20(23-9-3-1-2-4-10-23)15-7-8-16-17(12-15)22-19-14-6-5-13(11-14)18(19)21-16/h7-8,12-14H,1-6,9-11H2. The summed E-state index contributed by atoms with van der Waals surface area (Å²) in [6.45, 7) is 1.77. The molecule has 2 bridgehead atoms. The number of rotatable bonds is 1. The Morgan fingerprint density at radius 3 is 2.29 bits per heavy atom. The normalized spacial score (nSPS) is 25.8. The lowest BCUT2D eigenvalue weighted by molar-refractivity contribution is 0.0762. The van der Waals surface area contributed by atoms with Gasteiger partial charge >= 0.3 is 0 Å². The monoisotopic (exact) mass is 321 g/mol. The van der Waals surface area contributed by atoms with E-state index in [0.717, 1.165) is 42.5 Å². The summed E-state index contributed by atoms with van der Waals surface area (Å²) in [5.41, 5.74) is 5.03. The van der Waals surface area contributed by atoms with Gasteiger partial charge in [0.2, 0.25) is 0 Å². The average molecular weight is 321 g/mol. The van der Waals surface area contributed by atoms with Crippen LogP contribution in [-0.4, -0.2) is 33.9 Å². The summed E-state index contributed by atoms with van der Waals surface area (Å²) in [5.74, 6) is 1.38. The number of hydrogen-bond donors (Lipinski definition) is 0. The van der Waals surface area contributed by atoms with E-state index >= 15 is 0 Å². The predicted octanol–water partition coefficient (Wildman–Crippen LogP) is 4.01. The largest absolute Gasteiger partial charge is 0.339 e. The van der Waals surface area contributed by atoms with Crippen molar-refractivity contribution in [3.8, 4) is 0 Å². The molecule has 2 aromatic rings. The zero-order chi connectivity index (χ0) is 16.1. The molecular weight excluding hydrogens is 298 g/mol. The molecular formula is C20H23N3O. The van der Waals surface area contributed by atoms with Gasteiger partial charge in [0.15, 0.2) is 0 Å². The van der Waals surface area contributed by atoms with Crippen molar-refractivity contribution in [2.75, 3.05) is 13.1 Å². The Balaban J connectivity index is 1.50. The van der Waals surface area contributed by atoms with Crippen molar-refractivity contribution in [1.29, 1.82) is 0 Å². The molecule has 124 valence electrons. The average Bonchev–Trinajstić information content (AvgIpc) is 3.11. The molecule has 3 aliphatic rings. The van der Waals surface area contributed by atoms with Crippen molar-refractivity contribution in [3.05, 3.63) is 35.2 Å². The number of amides is 1. The highest BCUT2D eigenvalue weighted by molar-refractivity contribution is 5.97. The summed E-state index contributed by atoms with van der Waals surface area (Å²) in [6.07, 6.45) is 8.47. The second-order valence-corrected chi connectivity index (χ2v) is 7.61. The number of aromatic nitrogens is 2. The minimum Gasteiger partial charge on any atom is -0.339 e. The molecule has 1 aromatic heterocycles. The number of likely N-dealkylation sites (tertiary alicyclic amines) is 1. The molecule has 24 heavy (non-hydrogen) atoms. The number of nitrogens with zero attached hydrogens (tertiary/aromatic N) is 3. The molecule has 1 aromatic carbocycles. The second-order valence-electron chi connectivity index (χ2n) is 7.61. The minimum absolute atomic E-state index is 0.155. The zero-order valence-electron chi connectivity index (χ0n) is 14.0. The molecule has 1 aliphatic heterocycles. The van der Waals surface area contributed by atoms with Crippen LogP contribution in [0, 0.1) is 0 Å². The van der Waals surface area contributed by atoms with Crippen LogP contribution >= 0.6 is 0 Å². The lowest BCUT2D eigenvalue weighted by atomic mass is 10.00. The quantitative estimate of drug-likeness (QED) is 0.797. The molecule has 1 amide bonds. The zero-order valence-corrected chi connectivity index (χ0v) is 14.0. The molecule has 1 saturated carbocycles. The van der Waals surface area contributed by atoms with E-state index in [-0.39, 0.29) is 5.91 Å². The first kappa shape index (κ1) is 14.4. The van der Waals surface area contributed by atoms with Crippen LogP contribution in [0.15, 0.2) is 18.2 Å². The van der Waals surface area contributed by atoms with Gasteiger partial charge in [-0.15, -0.1) is 0 Å². The molecule has 2 aliphatic carbocycles. The highest BCUT2D eigenvalue weighted by Crippen LogP contribution is 2.51. The van der Waals surface area contributed by atoms with Crippen LogP contribution < -0.4 is 0 Å². The van der Waals surface area contributed by atoms with E-state index in [0.29, 0.717) is 11.8 Å². The Labute approximate surface area is 142 Å². The molecule has 4 nitrogen and oxygen atoms in total. The highest BCUT2D eigenvalue weighted by atomic mass is 16.2. The Hall–Kier alpha value is -1.97. The lowest BCUT2D eigenvalue weighted by Crippen LogP contribution is -2.31. The van der Waals surface area contributed by atoms with Crippen molar-refractivity contribution >= 4 is 16.9 Å². The van der Waals surface area contributed by atoms with Gasteiger partial charge in [-0.1, -0.05) is 12.8 Å². The summed E-state index contributed by atoms with van der Waals surface area (Å²) < 4.78 is 0. The Kier molecular flexibility index (Phi) is 3.32. The van der Waals surface area contributed by atoms with Crippen molar-refractivity contribution in [2.45, 2.75) is 56.8 Å². The van der Waals surface area contributed by atoms with Gasteiger partial charge < -0.3 is 4.90 Å². The number of hydrogen-bond acceptors (Lipinski definition) is 3. The number of carbonyl (C=O) groups is 1. The van der Waals surface area contributed by atoms with E-state index in [4.69, 9.17) is 9.97 Å². The molecule has 0 radical (unpaired) electrons. The molecule has 2 unspecified atom stereocenters. The van der Waals surface area contributed by atoms with Crippen molar-refractivity contribution in [1.82, 2.24) is 14.9 Å². The van der Waals surface area contributed by atoms with Crippen LogP contribution in [0.3, 0.4) is 0 Å². The molecule has 4 heteroatoms. The maximum absolute atomic E-state index is 12.8. The fraction of sp³-hybridized carbons (Fsp3) is 0.550. The van der Waals surface area contributed by atoms with E-state index < -0.39 is 0 Å². The van der Waals surface area contributed by atoms with Gasteiger partial charge in [0.1, 0.15) is 0 Å². The summed E-state index contributed by atoms with van der Waals surface area (Å²) in [4.78, 5) is 24.6. The SMILES string of the molecule is O=C(c1ccc2nc3c(nc2c1)C1CCC3C1)N1CCCCCC1. The Morgan fingerprint density at radius 1 is 0.917 bits per heavy atom. The first-order valence-electron chi connectivity index (χ1n) is 9.40. The summed E-state index contributed by atoms with van der Waals surface area (Å²) in [7, 11) is 0. The fourth-order valence-corrected chi connectivity index (χ4v) is 4.75. The maximum Gasteiger partial charge on any atom is 0.253 e. The second kappa shape index (κ2) is 5.54. The lowest BCUT2D eigenvalue weighted by Gasteiger charge is -2.20. The number of carbonyl (C=O) groups excluding carboxylic acids is 1. The minimum atomic E-state index is 0.155. The van der Waals surface area contributed by atoms with Crippen molar-refractivity contribution < 1.29 is 4.79 Å². The van der Waals surface area contributed by atoms with Gasteiger partial charge in [-0.25, -0.2) is 9.97 Å². The van der Waals surface area contributed by atoms with Gasteiger partial charge in [-0.2, -0.15) is 0 Å². The molecule has 0 spiro atoms. The third-order valence-electron chi connectivity index (χ3n) is 6.07. The molecule has 2 atom stereocenters. The van der Waals surface area contributed by atoms with E-state index in [2.05, 4.69) is 0 Å². The molecule has 5 rings (SSSR count). The number of benzene rings is 1. The molecule has 1 saturated heterocycles. The van der Waals surface area contributed by atoms with Gasteiger partial charge in [-0.3, -0.25) is 4.79 Å². The molecule has 2 fully saturated rings. The van der Waals surface area contributed by atoms with Gasteiger partial charge in [0.05, 0.1) is 22.4 Å². The smallest absolute Gasteiger partial charge is 0.253 e. The van der Waals surface area contributed by atoms with Gasteiger partial charge in [-0.05, 0) is 50.3 Å². The molecule has 0 N–H and O–H groups in total. The van der Waals surface area contributed by atoms with Gasteiger partial charge in [0.25, 0.3) is 5.91 Å². The maximum atomic E-state index is 12.8. The first-order valence-corrected chi connectivity index (χ1v) is 9.40. The van der Waals surface area contributed by atoms with Crippen molar-refractivity contribution in [3.63, 3.8) is 0 Å². The van der Waals surface area contributed by atoms with Crippen LogP contribution in [0.1, 0.15) is 78.5 Å². The Morgan fingerprint density at radius 2 is 1.58 bits per heavy atom. The third kappa shape index (κ3) is 2.23. The van der Waals surface area contributed by atoms with Crippen LogP contribution in [0.5, 0.6) is 0 Å². The molecule has 2 heterocycles. The topological polar surface area (TPSA) is 46.1 Å².